The van der Waals surface area contributed by atoms with E-state index in [-0.39, 0.29) is 5.56 Å². The molecular formula is C27H28FN7O. The summed E-state index contributed by atoms with van der Waals surface area (Å²) in [5.41, 5.74) is 3.07. The van der Waals surface area contributed by atoms with Crippen LogP contribution in [0, 0.1) is 12.7 Å². The molecule has 0 radical (unpaired) electrons. The molecule has 1 aromatic carbocycles. The van der Waals surface area contributed by atoms with Crippen molar-refractivity contribution in [2.24, 2.45) is 0 Å². The highest BCUT2D eigenvalue weighted by molar-refractivity contribution is 6.04. The quantitative estimate of drug-likeness (QED) is 0.379. The second-order valence-corrected chi connectivity index (χ2v) is 9.75. The predicted molar refractivity (Wildman–Crippen MR) is 134 cm³/mol. The first-order chi connectivity index (χ1) is 17.5. The molecule has 1 fully saturated rings. The van der Waals surface area contributed by atoms with Crippen LogP contribution >= 0.6 is 0 Å². The SMILES string of the molecule is CCC[C@@H]1CCc2nnc(-c3cccc(NC(=O)c4cc(-n5cnc(C6CC6)c5)c(C)cc4F)n3)n21. The van der Waals surface area contributed by atoms with Crippen LogP contribution in [0.1, 0.15) is 78.4 Å². The molecule has 36 heavy (non-hydrogen) atoms. The molecule has 9 heteroatoms. The standard InChI is InChI=1S/C27H28FN7O/c1-3-5-18-10-11-25-32-33-26(35(18)25)21-6-4-7-24(30-21)31-27(36)19-13-23(16(2)12-20(19)28)34-14-22(29-15-34)17-8-9-17/h4,6-7,12-15,17-18H,3,5,8-11H2,1-2H3,(H,30,31,36)/t18-/m1/s1. The molecule has 2 aliphatic rings. The maximum atomic E-state index is 14.9. The van der Waals surface area contributed by atoms with Crippen LogP contribution in [-0.4, -0.2) is 35.2 Å². The molecule has 0 bridgehead atoms. The molecule has 4 aromatic rings. The third-order valence-corrected chi connectivity index (χ3v) is 7.08. The summed E-state index contributed by atoms with van der Waals surface area (Å²) in [6, 6.07) is 8.68. The first kappa shape index (κ1) is 22.6. The number of nitrogens with zero attached hydrogens (tertiary/aromatic N) is 6. The molecule has 1 N–H and O–H groups in total. The van der Waals surface area contributed by atoms with Crippen LogP contribution in [0.2, 0.25) is 0 Å². The number of carbonyl (C=O) groups is 1. The minimum absolute atomic E-state index is 0.0455. The van der Waals surface area contributed by atoms with Crippen LogP contribution in [-0.2, 0) is 6.42 Å². The largest absolute Gasteiger partial charge is 0.307 e. The molecule has 184 valence electrons. The third kappa shape index (κ3) is 4.08. The molecule has 3 aromatic heterocycles. The number of fused-ring (bicyclic) bond motifs is 1. The van der Waals surface area contributed by atoms with Gasteiger partial charge in [0.15, 0.2) is 5.82 Å². The van der Waals surface area contributed by atoms with Gasteiger partial charge in [-0.25, -0.2) is 14.4 Å². The summed E-state index contributed by atoms with van der Waals surface area (Å²) in [6.07, 6.45) is 10.1. The second kappa shape index (κ2) is 8.96. The van der Waals surface area contributed by atoms with Gasteiger partial charge in [0, 0.05) is 24.6 Å². The minimum Gasteiger partial charge on any atom is -0.307 e. The number of pyridine rings is 1. The lowest BCUT2D eigenvalue weighted by atomic mass is 10.1. The van der Waals surface area contributed by atoms with Gasteiger partial charge in [0.2, 0.25) is 0 Å². The number of anilines is 1. The van der Waals surface area contributed by atoms with Crippen molar-refractivity contribution in [3.63, 3.8) is 0 Å². The van der Waals surface area contributed by atoms with Gasteiger partial charge in [-0.05, 0) is 62.4 Å². The Morgan fingerprint density at radius 3 is 2.86 bits per heavy atom. The summed E-state index contributed by atoms with van der Waals surface area (Å²) in [6.45, 7) is 4.00. The Balaban J connectivity index is 1.27. The molecule has 1 aliphatic heterocycles. The van der Waals surface area contributed by atoms with Gasteiger partial charge in [-0.2, -0.15) is 0 Å². The van der Waals surface area contributed by atoms with Crippen LogP contribution in [0.3, 0.4) is 0 Å². The Kier molecular flexibility index (Phi) is 5.62. The highest BCUT2D eigenvalue weighted by atomic mass is 19.1. The minimum atomic E-state index is -0.579. The third-order valence-electron chi connectivity index (χ3n) is 7.08. The maximum absolute atomic E-state index is 14.9. The number of aromatic nitrogens is 6. The summed E-state index contributed by atoms with van der Waals surface area (Å²) in [5.74, 6) is 1.38. The Hall–Kier alpha value is -3.88. The van der Waals surface area contributed by atoms with Gasteiger partial charge >= 0.3 is 0 Å². The molecule has 0 saturated heterocycles. The van der Waals surface area contributed by atoms with Crippen molar-refractivity contribution in [3.8, 4) is 17.2 Å². The molecule has 1 amide bonds. The fourth-order valence-corrected chi connectivity index (χ4v) is 5.07. The molecule has 0 unspecified atom stereocenters. The van der Waals surface area contributed by atoms with Gasteiger partial charge in [0.05, 0.1) is 23.3 Å². The van der Waals surface area contributed by atoms with E-state index < -0.39 is 11.7 Å². The number of nitrogens with one attached hydrogen (secondary N) is 1. The van der Waals surface area contributed by atoms with Crippen LogP contribution in [0.4, 0.5) is 10.2 Å². The summed E-state index contributed by atoms with van der Waals surface area (Å²) in [5, 5.41) is 11.5. The number of benzene rings is 1. The van der Waals surface area contributed by atoms with E-state index in [0.717, 1.165) is 61.3 Å². The number of carbonyl (C=O) groups excluding carboxylic acids is 1. The molecule has 4 heterocycles. The van der Waals surface area contributed by atoms with E-state index in [9.17, 15) is 9.18 Å². The summed E-state index contributed by atoms with van der Waals surface area (Å²) >= 11 is 0. The van der Waals surface area contributed by atoms with Crippen molar-refractivity contribution in [1.82, 2.24) is 29.3 Å². The van der Waals surface area contributed by atoms with E-state index in [1.54, 1.807) is 18.5 Å². The predicted octanol–water partition coefficient (Wildman–Crippen LogP) is 5.39. The topological polar surface area (TPSA) is 90.5 Å². The highest BCUT2D eigenvalue weighted by Gasteiger charge is 2.28. The van der Waals surface area contributed by atoms with Crippen LogP contribution in [0.25, 0.3) is 17.2 Å². The second-order valence-electron chi connectivity index (χ2n) is 9.75. The van der Waals surface area contributed by atoms with Gasteiger partial charge in [-0.15, -0.1) is 10.2 Å². The van der Waals surface area contributed by atoms with Crippen molar-refractivity contribution in [2.45, 2.75) is 64.3 Å². The van der Waals surface area contributed by atoms with Gasteiger partial charge < -0.3 is 14.5 Å². The average Bonchev–Trinajstić information content (AvgIpc) is 3.25. The average molecular weight is 486 g/mol. The van der Waals surface area contributed by atoms with E-state index in [1.807, 2.05) is 29.8 Å². The van der Waals surface area contributed by atoms with Crippen LogP contribution in [0.15, 0.2) is 42.9 Å². The Morgan fingerprint density at radius 1 is 1.19 bits per heavy atom. The Labute approximate surface area is 208 Å². The molecule has 1 atom stereocenters. The van der Waals surface area contributed by atoms with Crippen molar-refractivity contribution in [2.75, 3.05) is 5.32 Å². The number of imidazole rings is 1. The number of hydrogen-bond donors (Lipinski definition) is 1. The fraction of sp³-hybridized carbons (Fsp3) is 0.370. The van der Waals surface area contributed by atoms with Crippen LogP contribution in [0.5, 0.6) is 0 Å². The van der Waals surface area contributed by atoms with E-state index >= 15 is 0 Å². The van der Waals surface area contributed by atoms with Crippen molar-refractivity contribution >= 4 is 11.7 Å². The van der Waals surface area contributed by atoms with E-state index in [1.165, 1.54) is 6.07 Å². The molecular weight excluding hydrogens is 457 g/mol. The highest BCUT2D eigenvalue weighted by Crippen LogP contribution is 2.39. The Bertz CT molecular complexity index is 1450. The lowest BCUT2D eigenvalue weighted by molar-refractivity contribution is 0.102. The smallest absolute Gasteiger partial charge is 0.259 e. The number of hydrogen-bond acceptors (Lipinski definition) is 5. The zero-order valence-electron chi connectivity index (χ0n) is 20.4. The monoisotopic (exact) mass is 485 g/mol. The van der Waals surface area contributed by atoms with Crippen LogP contribution < -0.4 is 5.32 Å². The van der Waals surface area contributed by atoms with Crippen molar-refractivity contribution in [1.29, 1.82) is 0 Å². The summed E-state index contributed by atoms with van der Waals surface area (Å²) < 4.78 is 18.9. The fourth-order valence-electron chi connectivity index (χ4n) is 5.07. The van der Waals surface area contributed by atoms with Crippen molar-refractivity contribution in [3.05, 3.63) is 71.3 Å². The lowest BCUT2D eigenvalue weighted by Gasteiger charge is -2.14. The van der Waals surface area contributed by atoms with E-state index in [4.69, 9.17) is 0 Å². The summed E-state index contributed by atoms with van der Waals surface area (Å²) in [4.78, 5) is 22.2. The van der Waals surface area contributed by atoms with Crippen molar-refractivity contribution < 1.29 is 9.18 Å². The van der Waals surface area contributed by atoms with Gasteiger partial charge in [-0.1, -0.05) is 19.4 Å². The summed E-state index contributed by atoms with van der Waals surface area (Å²) in [7, 11) is 0. The zero-order chi connectivity index (χ0) is 24.8. The number of amides is 1. The van der Waals surface area contributed by atoms with E-state index in [0.29, 0.717) is 29.3 Å². The first-order valence-corrected chi connectivity index (χ1v) is 12.6. The lowest BCUT2D eigenvalue weighted by Crippen LogP contribution is -2.16. The molecule has 1 saturated carbocycles. The van der Waals surface area contributed by atoms with E-state index in [2.05, 4.69) is 37.0 Å². The Morgan fingerprint density at radius 2 is 2.06 bits per heavy atom. The van der Waals surface area contributed by atoms with Gasteiger partial charge in [0.1, 0.15) is 23.2 Å². The molecule has 0 spiro atoms. The number of aryl methyl sites for hydroxylation is 2. The molecule has 8 nitrogen and oxygen atoms in total. The molecule has 6 rings (SSSR count). The number of rotatable bonds is 7. The first-order valence-electron chi connectivity index (χ1n) is 12.6. The molecule has 1 aliphatic carbocycles. The zero-order valence-corrected chi connectivity index (χ0v) is 20.4. The number of halogens is 1. The van der Waals surface area contributed by atoms with Gasteiger partial charge in [0.25, 0.3) is 5.91 Å². The maximum Gasteiger partial charge on any atom is 0.259 e. The van der Waals surface area contributed by atoms with Gasteiger partial charge in [-0.3, -0.25) is 4.79 Å². The normalized spacial score (nSPS) is 16.8.